The number of anilines is 1. The number of ether oxygens (including phenoxy) is 2. The number of aromatic nitrogens is 2. The third kappa shape index (κ3) is 6.60. The molecule has 0 bridgehead atoms. The van der Waals surface area contributed by atoms with Gasteiger partial charge in [0, 0.05) is 31.7 Å². The summed E-state index contributed by atoms with van der Waals surface area (Å²) in [5.41, 5.74) is 1.87. The van der Waals surface area contributed by atoms with Crippen LogP contribution in [0.25, 0.3) is 0 Å². The Bertz CT molecular complexity index is 1180. The van der Waals surface area contributed by atoms with Gasteiger partial charge in [-0.3, -0.25) is 0 Å². The van der Waals surface area contributed by atoms with Crippen molar-refractivity contribution in [3.8, 4) is 6.07 Å². The van der Waals surface area contributed by atoms with Gasteiger partial charge in [0.15, 0.2) is 0 Å². The van der Waals surface area contributed by atoms with Gasteiger partial charge in [-0.1, -0.05) is 30.3 Å². The van der Waals surface area contributed by atoms with Crippen LogP contribution in [0.2, 0.25) is 5.28 Å². The van der Waals surface area contributed by atoms with E-state index in [1.165, 1.54) is 0 Å². The average Bonchev–Trinajstić information content (AvgIpc) is 2.86. The maximum atomic E-state index is 12.8. The van der Waals surface area contributed by atoms with E-state index in [4.69, 9.17) is 21.1 Å². The van der Waals surface area contributed by atoms with Gasteiger partial charge in [0.2, 0.25) is 5.28 Å². The number of hydrogen-bond donors (Lipinski definition) is 0. The van der Waals surface area contributed by atoms with E-state index in [-0.39, 0.29) is 30.9 Å². The van der Waals surface area contributed by atoms with Gasteiger partial charge in [0.05, 0.1) is 30.8 Å². The fourth-order valence-corrected chi connectivity index (χ4v) is 4.68. The minimum absolute atomic E-state index is 0.0830. The Kier molecular flexibility index (Phi) is 8.03. The fourth-order valence-electron chi connectivity index (χ4n) is 4.50. The number of piperazine rings is 1. The van der Waals surface area contributed by atoms with E-state index in [9.17, 15) is 14.9 Å². The molecule has 0 N–H and O–H groups in total. The Morgan fingerprint density at radius 2 is 1.89 bits per heavy atom. The van der Waals surface area contributed by atoms with Crippen LogP contribution < -0.4 is 4.90 Å². The maximum Gasteiger partial charge on any atom is 0.410 e. The molecular weight excluding hydrogens is 496 g/mol. The molecule has 1 aromatic carbocycles. The number of carbonyl (C=O) groups excluding carboxylic acids is 2. The molecule has 1 aromatic heterocycles. The molecule has 11 heteroatoms. The number of nitriles is 1. The van der Waals surface area contributed by atoms with Crippen LogP contribution in [-0.4, -0.2) is 69.8 Å². The zero-order valence-corrected chi connectivity index (χ0v) is 22.1. The predicted octanol–water partition coefficient (Wildman–Crippen LogP) is 4.16. The minimum atomic E-state index is -0.626. The van der Waals surface area contributed by atoms with E-state index in [0.29, 0.717) is 44.1 Å². The monoisotopic (exact) mass is 526 g/mol. The van der Waals surface area contributed by atoms with Gasteiger partial charge in [-0.15, -0.1) is 0 Å². The summed E-state index contributed by atoms with van der Waals surface area (Å²) < 4.78 is 11.0. The van der Waals surface area contributed by atoms with Crippen LogP contribution >= 0.6 is 11.6 Å². The second-order valence-corrected chi connectivity index (χ2v) is 10.4. The normalized spacial score (nSPS) is 17.6. The summed E-state index contributed by atoms with van der Waals surface area (Å²) >= 11 is 6.30. The van der Waals surface area contributed by atoms with E-state index >= 15 is 0 Å². The number of nitrogens with zero attached hydrogens (tertiary/aromatic N) is 6. The number of carbonyl (C=O) groups is 2. The molecule has 2 amide bonds. The average molecular weight is 527 g/mol. The molecule has 0 aliphatic carbocycles. The zero-order valence-electron chi connectivity index (χ0n) is 21.3. The Morgan fingerprint density at radius 3 is 2.59 bits per heavy atom. The third-order valence-electron chi connectivity index (χ3n) is 6.22. The van der Waals surface area contributed by atoms with Crippen molar-refractivity contribution in [2.24, 2.45) is 0 Å². The number of amides is 2. The first kappa shape index (κ1) is 26.5. The lowest BCUT2D eigenvalue weighted by Crippen LogP contribution is -2.56. The van der Waals surface area contributed by atoms with Crippen molar-refractivity contribution in [1.82, 2.24) is 19.8 Å². The number of hydrogen-bond acceptors (Lipinski definition) is 8. The summed E-state index contributed by atoms with van der Waals surface area (Å²) in [6.07, 6.45) is -0.138. The van der Waals surface area contributed by atoms with Crippen molar-refractivity contribution in [3.63, 3.8) is 0 Å². The zero-order chi connectivity index (χ0) is 26.6. The van der Waals surface area contributed by atoms with Crippen molar-refractivity contribution in [2.75, 3.05) is 31.1 Å². The van der Waals surface area contributed by atoms with E-state index < -0.39 is 17.8 Å². The number of fused-ring (bicyclic) bond motifs is 1. The summed E-state index contributed by atoms with van der Waals surface area (Å²) in [6.45, 7) is 7.66. The number of benzene rings is 1. The highest BCUT2D eigenvalue weighted by Gasteiger charge is 2.36. The molecule has 1 saturated heterocycles. The van der Waals surface area contributed by atoms with E-state index in [1.54, 1.807) is 9.80 Å². The van der Waals surface area contributed by atoms with Crippen molar-refractivity contribution in [1.29, 1.82) is 5.26 Å². The van der Waals surface area contributed by atoms with Crippen LogP contribution in [0.1, 0.15) is 44.0 Å². The second kappa shape index (κ2) is 11.2. The van der Waals surface area contributed by atoms with Crippen molar-refractivity contribution >= 4 is 29.6 Å². The third-order valence-corrected chi connectivity index (χ3v) is 6.39. The standard InChI is InChI=1S/C26H31ClN6O4/c1-26(2,3)37-25(35)33-14-13-31(15-19(33)9-11-28)22-20-10-12-32(16-21(20)29-23(27)30-22)24(34)36-17-18-7-5-4-6-8-18/h4-8,19H,9-10,12-17H2,1-3H3/t19-/m1/s1. The SMILES string of the molecule is CC(C)(C)OC(=O)N1CCN(c2nc(Cl)nc3c2CCN(C(=O)OCc2ccccc2)C3)C[C@H]1CC#N. The highest BCUT2D eigenvalue weighted by molar-refractivity contribution is 6.28. The molecule has 2 aromatic rings. The maximum absolute atomic E-state index is 12.8. The Balaban J connectivity index is 1.47. The molecule has 0 radical (unpaired) electrons. The highest BCUT2D eigenvalue weighted by Crippen LogP contribution is 2.30. The molecule has 0 unspecified atom stereocenters. The second-order valence-electron chi connectivity index (χ2n) is 10.1. The predicted molar refractivity (Wildman–Crippen MR) is 137 cm³/mol. The summed E-state index contributed by atoms with van der Waals surface area (Å²) in [7, 11) is 0. The number of rotatable bonds is 4. The molecule has 2 aliphatic rings. The first-order valence-corrected chi connectivity index (χ1v) is 12.6. The first-order valence-electron chi connectivity index (χ1n) is 12.3. The van der Waals surface area contributed by atoms with Crippen LogP contribution in [-0.2, 0) is 29.0 Å². The molecular formula is C26H31ClN6O4. The van der Waals surface area contributed by atoms with Crippen molar-refractivity contribution < 1.29 is 19.1 Å². The molecule has 10 nitrogen and oxygen atoms in total. The lowest BCUT2D eigenvalue weighted by molar-refractivity contribution is 0.0144. The highest BCUT2D eigenvalue weighted by atomic mass is 35.5. The van der Waals surface area contributed by atoms with E-state index in [1.807, 2.05) is 56.0 Å². The quantitative estimate of drug-likeness (QED) is 0.546. The first-order chi connectivity index (χ1) is 17.6. The van der Waals surface area contributed by atoms with Crippen LogP contribution in [0.15, 0.2) is 30.3 Å². The van der Waals surface area contributed by atoms with Crippen molar-refractivity contribution in [2.45, 2.75) is 58.4 Å². The van der Waals surface area contributed by atoms with Gasteiger partial charge in [0.25, 0.3) is 0 Å². The van der Waals surface area contributed by atoms with Gasteiger partial charge >= 0.3 is 12.2 Å². The summed E-state index contributed by atoms with van der Waals surface area (Å²) in [4.78, 5) is 39.6. The van der Waals surface area contributed by atoms with Gasteiger partial charge < -0.3 is 24.2 Å². The largest absolute Gasteiger partial charge is 0.445 e. The van der Waals surface area contributed by atoms with Crippen LogP contribution in [0, 0.1) is 11.3 Å². The lowest BCUT2D eigenvalue weighted by Gasteiger charge is -2.42. The van der Waals surface area contributed by atoms with E-state index in [0.717, 1.165) is 11.1 Å². The molecule has 0 spiro atoms. The molecule has 1 atom stereocenters. The summed E-state index contributed by atoms with van der Waals surface area (Å²) in [6, 6.07) is 11.3. The van der Waals surface area contributed by atoms with Gasteiger partial charge in [0.1, 0.15) is 18.0 Å². The molecule has 196 valence electrons. The smallest absolute Gasteiger partial charge is 0.410 e. The molecule has 3 heterocycles. The van der Waals surface area contributed by atoms with Crippen LogP contribution in [0.3, 0.4) is 0 Å². The topological polar surface area (TPSA) is 112 Å². The number of halogens is 1. The summed E-state index contributed by atoms with van der Waals surface area (Å²) in [5.74, 6) is 0.680. The van der Waals surface area contributed by atoms with Crippen LogP contribution in [0.4, 0.5) is 15.4 Å². The minimum Gasteiger partial charge on any atom is -0.445 e. The molecule has 4 rings (SSSR count). The van der Waals surface area contributed by atoms with Crippen molar-refractivity contribution in [3.05, 3.63) is 52.4 Å². The molecule has 37 heavy (non-hydrogen) atoms. The van der Waals surface area contributed by atoms with Crippen LogP contribution in [0.5, 0.6) is 0 Å². The molecule has 1 fully saturated rings. The molecule has 2 aliphatic heterocycles. The van der Waals surface area contributed by atoms with Gasteiger partial charge in [-0.25, -0.2) is 19.6 Å². The Morgan fingerprint density at radius 1 is 1.14 bits per heavy atom. The molecule has 0 saturated carbocycles. The van der Waals surface area contributed by atoms with Gasteiger partial charge in [-0.2, -0.15) is 5.26 Å². The Labute approximate surface area is 221 Å². The summed E-state index contributed by atoms with van der Waals surface area (Å²) in [5, 5.41) is 9.48. The van der Waals surface area contributed by atoms with E-state index in [2.05, 4.69) is 16.0 Å². The van der Waals surface area contributed by atoms with Gasteiger partial charge in [-0.05, 0) is 44.4 Å². The fraction of sp³-hybridized carbons (Fsp3) is 0.500. The lowest BCUT2D eigenvalue weighted by atomic mass is 10.0. The Hall–Kier alpha value is -3.58.